The molecule has 0 atom stereocenters. The van der Waals surface area contributed by atoms with Gasteiger partial charge in [0.15, 0.2) is 5.76 Å². The van der Waals surface area contributed by atoms with Crippen LogP contribution in [0.1, 0.15) is 34.8 Å². The number of carbonyl (C=O) groups excluding carboxylic acids is 2. The third-order valence-corrected chi connectivity index (χ3v) is 5.65. The van der Waals surface area contributed by atoms with Crippen LogP contribution in [0.4, 0.5) is 11.4 Å². The number of nitrogens with one attached hydrogen (secondary N) is 2. The van der Waals surface area contributed by atoms with E-state index < -0.39 is 0 Å². The van der Waals surface area contributed by atoms with Crippen LogP contribution >= 0.6 is 11.3 Å². The van der Waals surface area contributed by atoms with Gasteiger partial charge in [-0.05, 0) is 67.8 Å². The molecule has 2 heterocycles. The molecule has 0 aliphatic carbocycles. The maximum absolute atomic E-state index is 12.2. The van der Waals surface area contributed by atoms with E-state index in [1.807, 2.05) is 18.2 Å². The van der Waals surface area contributed by atoms with Crippen molar-refractivity contribution in [2.24, 2.45) is 0 Å². The summed E-state index contributed by atoms with van der Waals surface area (Å²) < 4.78 is 6.26. The number of carbonyl (C=O) groups is 2. The third kappa shape index (κ3) is 5.12. The van der Waals surface area contributed by atoms with E-state index >= 15 is 0 Å². The minimum atomic E-state index is -0.315. The zero-order valence-corrected chi connectivity index (χ0v) is 17.1. The Balaban J connectivity index is 1.19. The number of unbranched alkanes of at least 4 members (excludes halogenated alkanes) is 1. The summed E-state index contributed by atoms with van der Waals surface area (Å²) >= 11 is 1.72. The number of benzene rings is 2. The molecule has 0 fully saturated rings. The highest BCUT2D eigenvalue weighted by atomic mass is 32.1. The molecule has 152 valence electrons. The number of hydrogen-bond donors (Lipinski definition) is 2. The molecule has 6 nitrogen and oxygen atoms in total. The summed E-state index contributed by atoms with van der Waals surface area (Å²) in [5, 5.41) is 6.74. The summed E-state index contributed by atoms with van der Waals surface area (Å²) in [7, 11) is 0. The maximum Gasteiger partial charge on any atom is 0.291 e. The monoisotopic (exact) mass is 419 g/mol. The minimum absolute atomic E-state index is 0.0216. The molecule has 0 spiro atoms. The van der Waals surface area contributed by atoms with Gasteiger partial charge in [-0.3, -0.25) is 9.59 Å². The number of nitrogens with zero attached hydrogens (tertiary/aromatic N) is 1. The molecule has 4 rings (SSSR count). The standard InChI is InChI=1S/C23H21N3O3S/c27-21(9-3-4-10-22-26-18-6-1-2-8-20(18)30-22)24-16-11-13-17(14-12-16)25-23(28)19-7-5-15-29-19/h1-2,5-8,11-15H,3-4,9-10H2,(H,24,27)(H,25,28). The number of anilines is 2. The first-order valence-corrected chi connectivity index (χ1v) is 10.6. The van der Waals surface area contributed by atoms with E-state index in [0.29, 0.717) is 17.8 Å². The molecule has 7 heteroatoms. The average molecular weight is 420 g/mol. The van der Waals surface area contributed by atoms with Gasteiger partial charge in [0.25, 0.3) is 5.91 Å². The number of thiazole rings is 1. The topological polar surface area (TPSA) is 84.2 Å². The molecule has 2 aromatic heterocycles. The zero-order valence-electron chi connectivity index (χ0n) is 16.3. The van der Waals surface area contributed by atoms with Crippen molar-refractivity contribution in [1.82, 2.24) is 4.98 Å². The molecular formula is C23H21N3O3S. The number of aromatic nitrogens is 1. The Morgan fingerprint density at radius 1 is 0.900 bits per heavy atom. The number of hydrogen-bond acceptors (Lipinski definition) is 5. The second kappa shape index (κ2) is 9.37. The van der Waals surface area contributed by atoms with Gasteiger partial charge in [-0.2, -0.15) is 0 Å². The van der Waals surface area contributed by atoms with Crippen molar-refractivity contribution in [3.8, 4) is 0 Å². The number of rotatable bonds is 8. The van der Waals surface area contributed by atoms with Crippen molar-refractivity contribution in [3.63, 3.8) is 0 Å². The maximum atomic E-state index is 12.2. The Kier molecular flexibility index (Phi) is 6.20. The van der Waals surface area contributed by atoms with Crippen LogP contribution in [-0.2, 0) is 11.2 Å². The summed E-state index contributed by atoms with van der Waals surface area (Å²) in [6.07, 6.45) is 4.52. The van der Waals surface area contributed by atoms with Gasteiger partial charge in [0.1, 0.15) is 0 Å². The first kappa shape index (κ1) is 19.8. The van der Waals surface area contributed by atoms with Crippen LogP contribution < -0.4 is 10.6 Å². The zero-order chi connectivity index (χ0) is 20.8. The number of para-hydroxylation sites is 1. The van der Waals surface area contributed by atoms with Crippen molar-refractivity contribution in [2.45, 2.75) is 25.7 Å². The summed E-state index contributed by atoms with van der Waals surface area (Å²) in [5.41, 5.74) is 2.37. The molecule has 4 aromatic rings. The lowest BCUT2D eigenvalue weighted by Gasteiger charge is -2.07. The van der Waals surface area contributed by atoms with E-state index in [4.69, 9.17) is 4.42 Å². The van der Waals surface area contributed by atoms with Crippen molar-refractivity contribution < 1.29 is 14.0 Å². The largest absolute Gasteiger partial charge is 0.459 e. The molecule has 0 unspecified atom stereocenters. The van der Waals surface area contributed by atoms with Crippen molar-refractivity contribution in [2.75, 3.05) is 10.6 Å². The van der Waals surface area contributed by atoms with Crippen LogP contribution in [0.15, 0.2) is 71.3 Å². The predicted octanol–water partition coefficient (Wildman–Crippen LogP) is 5.49. The molecule has 0 aliphatic rings. The molecule has 30 heavy (non-hydrogen) atoms. The molecule has 2 N–H and O–H groups in total. The van der Waals surface area contributed by atoms with Gasteiger partial charge in [0.05, 0.1) is 21.5 Å². The van der Waals surface area contributed by atoms with Crippen molar-refractivity contribution >= 4 is 44.7 Å². The highest BCUT2D eigenvalue weighted by Gasteiger charge is 2.09. The second-order valence-corrected chi connectivity index (χ2v) is 7.95. The molecule has 0 radical (unpaired) electrons. The van der Waals surface area contributed by atoms with Crippen molar-refractivity contribution in [3.05, 3.63) is 77.7 Å². The molecule has 2 amide bonds. The van der Waals surface area contributed by atoms with Crippen LogP contribution in [0, 0.1) is 0 Å². The molecular weight excluding hydrogens is 398 g/mol. The summed E-state index contributed by atoms with van der Waals surface area (Å²) in [6, 6.07) is 18.4. The van der Waals surface area contributed by atoms with E-state index in [1.54, 1.807) is 47.7 Å². The molecule has 0 saturated heterocycles. The van der Waals surface area contributed by atoms with E-state index in [0.717, 1.165) is 29.8 Å². The SMILES string of the molecule is O=C(CCCCc1nc2ccccc2s1)Nc1ccc(NC(=O)c2ccco2)cc1. The Bertz CT molecular complexity index is 1100. The smallest absolute Gasteiger partial charge is 0.291 e. The molecule has 0 saturated carbocycles. The van der Waals surface area contributed by atoms with E-state index in [2.05, 4.69) is 21.7 Å². The summed E-state index contributed by atoms with van der Waals surface area (Å²) in [5.74, 6) is -0.0881. The van der Waals surface area contributed by atoms with Crippen LogP contribution in [0.5, 0.6) is 0 Å². The third-order valence-electron chi connectivity index (χ3n) is 4.55. The van der Waals surface area contributed by atoms with Gasteiger partial charge in [0.2, 0.25) is 5.91 Å². The van der Waals surface area contributed by atoms with Gasteiger partial charge < -0.3 is 15.1 Å². The van der Waals surface area contributed by atoms with Crippen molar-refractivity contribution in [1.29, 1.82) is 0 Å². The lowest BCUT2D eigenvalue weighted by Crippen LogP contribution is -2.12. The lowest BCUT2D eigenvalue weighted by atomic mass is 10.2. The van der Waals surface area contributed by atoms with E-state index in [-0.39, 0.29) is 17.6 Å². The van der Waals surface area contributed by atoms with Gasteiger partial charge in [-0.15, -0.1) is 11.3 Å². The van der Waals surface area contributed by atoms with E-state index in [1.165, 1.54) is 11.0 Å². The minimum Gasteiger partial charge on any atom is -0.459 e. The Morgan fingerprint density at radius 2 is 1.67 bits per heavy atom. The van der Waals surface area contributed by atoms with Crippen LogP contribution in [0.3, 0.4) is 0 Å². The Morgan fingerprint density at radius 3 is 2.40 bits per heavy atom. The number of amides is 2. The lowest BCUT2D eigenvalue weighted by molar-refractivity contribution is -0.116. The van der Waals surface area contributed by atoms with Crippen LogP contribution in [-0.4, -0.2) is 16.8 Å². The van der Waals surface area contributed by atoms with Crippen LogP contribution in [0.2, 0.25) is 0 Å². The Labute approximate surface area is 177 Å². The number of aryl methyl sites for hydroxylation is 1. The highest BCUT2D eigenvalue weighted by molar-refractivity contribution is 7.18. The fourth-order valence-electron chi connectivity index (χ4n) is 3.05. The molecule has 2 aromatic carbocycles. The number of fused-ring (bicyclic) bond motifs is 1. The Hall–Kier alpha value is -3.45. The summed E-state index contributed by atoms with van der Waals surface area (Å²) in [6.45, 7) is 0. The molecule has 0 bridgehead atoms. The normalized spacial score (nSPS) is 10.8. The van der Waals surface area contributed by atoms with Gasteiger partial charge in [-0.25, -0.2) is 4.98 Å². The average Bonchev–Trinajstić information content (AvgIpc) is 3.42. The molecule has 0 aliphatic heterocycles. The van der Waals surface area contributed by atoms with Gasteiger partial charge in [0, 0.05) is 17.8 Å². The van der Waals surface area contributed by atoms with Crippen LogP contribution in [0.25, 0.3) is 10.2 Å². The quantitative estimate of drug-likeness (QED) is 0.370. The first-order valence-electron chi connectivity index (χ1n) is 9.76. The first-order chi connectivity index (χ1) is 14.7. The van der Waals surface area contributed by atoms with Gasteiger partial charge >= 0.3 is 0 Å². The van der Waals surface area contributed by atoms with Gasteiger partial charge in [-0.1, -0.05) is 12.1 Å². The fourth-order valence-corrected chi connectivity index (χ4v) is 4.06. The summed E-state index contributed by atoms with van der Waals surface area (Å²) in [4.78, 5) is 28.8. The second-order valence-electron chi connectivity index (χ2n) is 6.84. The number of furan rings is 1. The van der Waals surface area contributed by atoms with E-state index in [9.17, 15) is 9.59 Å². The predicted molar refractivity (Wildman–Crippen MR) is 119 cm³/mol. The fraction of sp³-hybridized carbons (Fsp3) is 0.174. The highest BCUT2D eigenvalue weighted by Crippen LogP contribution is 2.23.